The predicted octanol–water partition coefficient (Wildman–Crippen LogP) is 3.66. The van der Waals surface area contributed by atoms with Crippen molar-refractivity contribution in [2.75, 3.05) is 6.61 Å². The molecule has 4 rings (SSSR count). The third-order valence-corrected chi connectivity index (χ3v) is 5.48. The van der Waals surface area contributed by atoms with Crippen LogP contribution in [0, 0.1) is 0 Å². The molecule has 0 saturated heterocycles. The Balaban J connectivity index is 1.49. The van der Waals surface area contributed by atoms with Gasteiger partial charge in [-0.15, -0.1) is 0 Å². The first-order valence-corrected chi connectivity index (χ1v) is 11.1. The number of carbonyl (C=O) groups is 2. The Morgan fingerprint density at radius 3 is 2.70 bits per heavy atom. The fraction of sp³-hybridized carbons (Fsp3) is 0.308. The molecule has 1 aliphatic rings. The first-order chi connectivity index (χ1) is 16.0. The lowest BCUT2D eigenvalue weighted by Crippen LogP contribution is -2.47. The molecule has 1 aromatic heterocycles. The number of fused-ring (bicyclic) bond motifs is 1. The monoisotopic (exact) mass is 448 g/mol. The van der Waals surface area contributed by atoms with Gasteiger partial charge in [0.25, 0.3) is 5.91 Å². The number of hydrogen-bond acceptors (Lipinski definition) is 5. The quantitative estimate of drug-likeness (QED) is 0.522. The minimum atomic E-state index is -0.772. The van der Waals surface area contributed by atoms with Gasteiger partial charge in [-0.3, -0.25) is 9.59 Å². The highest BCUT2D eigenvalue weighted by Gasteiger charge is 2.25. The first-order valence-electron chi connectivity index (χ1n) is 11.1. The molecule has 0 bridgehead atoms. The summed E-state index contributed by atoms with van der Waals surface area (Å²) in [5.41, 5.74) is 2.87. The topological polar surface area (TPSA) is 89.8 Å². The SMILES string of the molecule is CCOc1cc2c(cc1CNC(=O)C(Cc1ccccc1)NC(=O)c1ccco1)OC(C)C2. The molecule has 0 radical (unpaired) electrons. The highest BCUT2D eigenvalue weighted by molar-refractivity contribution is 5.95. The number of rotatable bonds is 9. The van der Waals surface area contributed by atoms with Gasteiger partial charge in [-0.25, -0.2) is 0 Å². The van der Waals surface area contributed by atoms with Crippen LogP contribution in [0.25, 0.3) is 0 Å². The molecular formula is C26H28N2O5. The van der Waals surface area contributed by atoms with Crippen LogP contribution >= 0.6 is 0 Å². The Bertz CT molecular complexity index is 1100. The van der Waals surface area contributed by atoms with E-state index in [0.717, 1.165) is 34.6 Å². The number of carbonyl (C=O) groups excluding carboxylic acids is 2. The smallest absolute Gasteiger partial charge is 0.287 e. The maximum atomic E-state index is 13.2. The van der Waals surface area contributed by atoms with Gasteiger partial charge in [0.2, 0.25) is 5.91 Å². The predicted molar refractivity (Wildman–Crippen MR) is 123 cm³/mol. The normalized spacial score (nSPS) is 15.3. The molecule has 0 fully saturated rings. The van der Waals surface area contributed by atoms with Crippen molar-refractivity contribution in [3.8, 4) is 11.5 Å². The molecule has 2 aromatic carbocycles. The molecule has 2 N–H and O–H groups in total. The van der Waals surface area contributed by atoms with Gasteiger partial charge in [-0.2, -0.15) is 0 Å². The zero-order valence-electron chi connectivity index (χ0n) is 18.8. The summed E-state index contributed by atoms with van der Waals surface area (Å²) in [5.74, 6) is 0.974. The fourth-order valence-corrected chi connectivity index (χ4v) is 3.91. The Hall–Kier alpha value is -3.74. The van der Waals surface area contributed by atoms with Crippen LogP contribution in [0.2, 0.25) is 0 Å². The van der Waals surface area contributed by atoms with E-state index in [-0.39, 0.29) is 24.3 Å². The van der Waals surface area contributed by atoms with Crippen molar-refractivity contribution in [1.29, 1.82) is 0 Å². The van der Waals surface area contributed by atoms with Crippen LogP contribution < -0.4 is 20.1 Å². The molecule has 2 atom stereocenters. The van der Waals surface area contributed by atoms with Crippen molar-refractivity contribution in [1.82, 2.24) is 10.6 Å². The number of nitrogens with one attached hydrogen (secondary N) is 2. The summed E-state index contributed by atoms with van der Waals surface area (Å²) in [5, 5.41) is 5.74. The molecule has 2 unspecified atom stereocenters. The number of furan rings is 1. The van der Waals surface area contributed by atoms with Crippen molar-refractivity contribution in [2.24, 2.45) is 0 Å². The Morgan fingerprint density at radius 2 is 1.97 bits per heavy atom. The zero-order chi connectivity index (χ0) is 23.2. The minimum absolute atomic E-state index is 0.117. The maximum Gasteiger partial charge on any atom is 0.287 e. The standard InChI is InChI=1S/C26H28N2O5/c1-3-31-23-14-19-12-17(2)33-24(19)15-20(23)16-27-25(29)21(13-18-8-5-4-6-9-18)28-26(30)22-10-7-11-32-22/h4-11,14-15,17,21H,3,12-13,16H2,1-2H3,(H,27,29)(H,28,30). The molecule has 0 aliphatic carbocycles. The average molecular weight is 449 g/mol. The summed E-state index contributed by atoms with van der Waals surface area (Å²) in [4.78, 5) is 25.7. The maximum absolute atomic E-state index is 13.2. The third-order valence-electron chi connectivity index (χ3n) is 5.48. The molecule has 2 heterocycles. The van der Waals surface area contributed by atoms with E-state index in [1.165, 1.54) is 6.26 Å². The molecule has 7 heteroatoms. The van der Waals surface area contributed by atoms with E-state index >= 15 is 0 Å². The van der Waals surface area contributed by atoms with Crippen molar-refractivity contribution < 1.29 is 23.5 Å². The number of ether oxygens (including phenoxy) is 2. The lowest BCUT2D eigenvalue weighted by molar-refractivity contribution is -0.123. The second kappa shape index (κ2) is 10.3. The summed E-state index contributed by atoms with van der Waals surface area (Å²) < 4.78 is 16.9. The van der Waals surface area contributed by atoms with E-state index in [0.29, 0.717) is 13.0 Å². The van der Waals surface area contributed by atoms with Crippen molar-refractivity contribution >= 4 is 11.8 Å². The van der Waals surface area contributed by atoms with Crippen LogP contribution in [-0.2, 0) is 24.2 Å². The van der Waals surface area contributed by atoms with E-state index in [4.69, 9.17) is 13.9 Å². The number of hydrogen-bond donors (Lipinski definition) is 2. The van der Waals surface area contributed by atoms with E-state index in [2.05, 4.69) is 10.6 Å². The lowest BCUT2D eigenvalue weighted by atomic mass is 10.0. The molecule has 3 aromatic rings. The molecule has 0 spiro atoms. The molecule has 7 nitrogen and oxygen atoms in total. The van der Waals surface area contributed by atoms with Crippen LogP contribution in [-0.4, -0.2) is 30.6 Å². The average Bonchev–Trinajstić information content (AvgIpc) is 3.47. The van der Waals surface area contributed by atoms with Crippen molar-refractivity contribution in [3.05, 3.63) is 83.3 Å². The second-order valence-electron chi connectivity index (χ2n) is 8.04. The Labute approximate surface area is 193 Å². The van der Waals surface area contributed by atoms with Gasteiger partial charge in [0.15, 0.2) is 5.76 Å². The van der Waals surface area contributed by atoms with Gasteiger partial charge in [0.1, 0.15) is 23.6 Å². The highest BCUT2D eigenvalue weighted by Crippen LogP contribution is 2.35. The first kappa shape index (κ1) is 22.5. The number of benzene rings is 2. The summed E-state index contributed by atoms with van der Waals surface area (Å²) >= 11 is 0. The second-order valence-corrected chi connectivity index (χ2v) is 8.04. The highest BCUT2D eigenvalue weighted by atomic mass is 16.5. The molecule has 172 valence electrons. The molecule has 1 aliphatic heterocycles. The molecular weight excluding hydrogens is 420 g/mol. The lowest BCUT2D eigenvalue weighted by Gasteiger charge is -2.19. The van der Waals surface area contributed by atoms with E-state index in [9.17, 15) is 9.59 Å². The van der Waals surface area contributed by atoms with Gasteiger partial charge in [0, 0.05) is 30.5 Å². The van der Waals surface area contributed by atoms with Crippen LogP contribution in [0.4, 0.5) is 0 Å². The van der Waals surface area contributed by atoms with Crippen LogP contribution in [0.3, 0.4) is 0 Å². The largest absolute Gasteiger partial charge is 0.494 e. The van der Waals surface area contributed by atoms with Crippen LogP contribution in [0.5, 0.6) is 11.5 Å². The van der Waals surface area contributed by atoms with Gasteiger partial charge in [0.05, 0.1) is 12.9 Å². The molecule has 0 saturated carbocycles. The summed E-state index contributed by atoms with van der Waals surface area (Å²) in [6, 6.07) is 15.9. The van der Waals surface area contributed by atoms with E-state index in [1.54, 1.807) is 12.1 Å². The summed E-state index contributed by atoms with van der Waals surface area (Å²) in [7, 11) is 0. The number of amides is 2. The minimum Gasteiger partial charge on any atom is -0.494 e. The molecule has 2 amide bonds. The Kier molecular flexibility index (Phi) is 6.98. The van der Waals surface area contributed by atoms with Gasteiger partial charge < -0.3 is 24.5 Å². The summed E-state index contributed by atoms with van der Waals surface area (Å²) in [6.07, 6.45) is 2.72. The van der Waals surface area contributed by atoms with Gasteiger partial charge >= 0.3 is 0 Å². The van der Waals surface area contributed by atoms with E-state index < -0.39 is 11.9 Å². The van der Waals surface area contributed by atoms with Crippen molar-refractivity contribution in [3.63, 3.8) is 0 Å². The van der Waals surface area contributed by atoms with Gasteiger partial charge in [-0.05, 0) is 43.7 Å². The zero-order valence-corrected chi connectivity index (χ0v) is 18.8. The third kappa shape index (κ3) is 5.55. The summed E-state index contributed by atoms with van der Waals surface area (Å²) in [6.45, 7) is 4.72. The van der Waals surface area contributed by atoms with Crippen molar-refractivity contribution in [2.45, 2.75) is 45.4 Å². The fourth-order valence-electron chi connectivity index (χ4n) is 3.91. The Morgan fingerprint density at radius 1 is 1.15 bits per heavy atom. The van der Waals surface area contributed by atoms with Gasteiger partial charge in [-0.1, -0.05) is 30.3 Å². The van der Waals surface area contributed by atoms with Crippen LogP contribution in [0.1, 0.15) is 41.1 Å². The molecule has 33 heavy (non-hydrogen) atoms. The van der Waals surface area contributed by atoms with Crippen LogP contribution in [0.15, 0.2) is 65.3 Å². The van der Waals surface area contributed by atoms with E-state index in [1.807, 2.05) is 56.3 Å².